The van der Waals surface area contributed by atoms with Crippen LogP contribution in [0.25, 0.3) is 0 Å². The molecule has 0 saturated carbocycles. The Bertz CT molecular complexity index is 987. The van der Waals surface area contributed by atoms with Crippen LogP contribution in [0.1, 0.15) is 21.5 Å². The number of urea groups is 1. The maximum atomic E-state index is 13.4. The molecule has 29 heavy (non-hydrogen) atoms. The molecule has 3 N–H and O–H groups in total. The predicted molar refractivity (Wildman–Crippen MR) is 100 cm³/mol. The number of alkyl halides is 3. The zero-order chi connectivity index (χ0) is 20.9. The Morgan fingerprint density at radius 1 is 0.966 bits per heavy atom. The van der Waals surface area contributed by atoms with Crippen LogP contribution in [0.4, 0.5) is 29.3 Å². The summed E-state index contributed by atoms with van der Waals surface area (Å²) in [7, 11) is 0. The normalized spacial score (nSPS) is 11.0. The quantitative estimate of drug-likeness (QED) is 0.568. The molecule has 1 aromatic heterocycles. The van der Waals surface area contributed by atoms with Crippen molar-refractivity contribution in [3.8, 4) is 0 Å². The van der Waals surface area contributed by atoms with Crippen LogP contribution in [0.5, 0.6) is 0 Å². The van der Waals surface area contributed by atoms with E-state index in [1.165, 1.54) is 24.7 Å². The van der Waals surface area contributed by atoms with E-state index < -0.39 is 29.4 Å². The second kappa shape index (κ2) is 8.51. The van der Waals surface area contributed by atoms with Crippen molar-refractivity contribution in [3.63, 3.8) is 0 Å². The summed E-state index contributed by atoms with van der Waals surface area (Å²) in [5.74, 6) is -0.617. The number of carbonyl (C=O) groups is 2. The third kappa shape index (κ3) is 5.38. The minimum absolute atomic E-state index is 0.0706. The Balaban J connectivity index is 1.72. The fourth-order valence-corrected chi connectivity index (χ4v) is 2.51. The van der Waals surface area contributed by atoms with Crippen LogP contribution >= 0.6 is 0 Å². The summed E-state index contributed by atoms with van der Waals surface area (Å²) in [6.07, 6.45) is -2.29. The molecule has 0 spiro atoms. The fraction of sp³-hybridized carbons (Fsp3) is 0.100. The predicted octanol–water partition coefficient (Wildman–Crippen LogP) is 4.87. The Hall–Kier alpha value is -3.75. The highest BCUT2D eigenvalue weighted by molar-refractivity contribution is 6.04. The Morgan fingerprint density at radius 2 is 1.72 bits per heavy atom. The van der Waals surface area contributed by atoms with Crippen molar-refractivity contribution in [1.29, 1.82) is 0 Å². The average molecular weight is 403 g/mol. The van der Waals surface area contributed by atoms with Crippen LogP contribution in [-0.4, -0.2) is 11.9 Å². The summed E-state index contributed by atoms with van der Waals surface area (Å²) in [6, 6.07) is 12.6. The Labute approximate surface area is 163 Å². The van der Waals surface area contributed by atoms with Crippen LogP contribution in [0.15, 0.2) is 71.5 Å². The first kappa shape index (κ1) is 20.0. The lowest BCUT2D eigenvalue weighted by atomic mass is 10.1. The average Bonchev–Trinajstić information content (AvgIpc) is 3.22. The summed E-state index contributed by atoms with van der Waals surface area (Å²) in [4.78, 5) is 24.0. The third-order valence-corrected chi connectivity index (χ3v) is 3.91. The van der Waals surface area contributed by atoms with E-state index in [1.807, 2.05) is 6.07 Å². The molecule has 1 heterocycles. The molecule has 0 aliphatic carbocycles. The van der Waals surface area contributed by atoms with Crippen LogP contribution in [0, 0.1) is 0 Å². The molecule has 3 aromatic rings. The van der Waals surface area contributed by atoms with E-state index in [0.717, 1.165) is 17.7 Å². The topological polar surface area (TPSA) is 83.4 Å². The van der Waals surface area contributed by atoms with Crippen molar-refractivity contribution in [2.45, 2.75) is 12.7 Å². The van der Waals surface area contributed by atoms with Gasteiger partial charge < -0.3 is 20.4 Å². The van der Waals surface area contributed by atoms with Crippen LogP contribution < -0.4 is 16.0 Å². The molecule has 0 bridgehead atoms. The highest BCUT2D eigenvalue weighted by atomic mass is 19.4. The Morgan fingerprint density at radius 3 is 2.38 bits per heavy atom. The van der Waals surface area contributed by atoms with E-state index in [9.17, 15) is 22.8 Å². The number of hydrogen-bond donors (Lipinski definition) is 3. The van der Waals surface area contributed by atoms with E-state index in [1.54, 1.807) is 24.3 Å². The van der Waals surface area contributed by atoms with Crippen molar-refractivity contribution in [3.05, 3.63) is 83.8 Å². The van der Waals surface area contributed by atoms with Gasteiger partial charge in [-0.2, -0.15) is 13.2 Å². The van der Waals surface area contributed by atoms with Gasteiger partial charge in [0.05, 0.1) is 23.1 Å². The van der Waals surface area contributed by atoms with Gasteiger partial charge in [0.15, 0.2) is 0 Å². The lowest BCUT2D eigenvalue weighted by molar-refractivity contribution is -0.136. The minimum Gasteiger partial charge on any atom is -0.472 e. The second-order valence-electron chi connectivity index (χ2n) is 6.02. The van der Waals surface area contributed by atoms with Gasteiger partial charge in [0.1, 0.15) is 6.26 Å². The summed E-state index contributed by atoms with van der Waals surface area (Å²) in [5.41, 5.74) is -0.613. The summed E-state index contributed by atoms with van der Waals surface area (Å²) in [6.45, 7) is 0.160. The molecule has 0 atom stereocenters. The molecule has 0 saturated heterocycles. The smallest absolute Gasteiger partial charge is 0.418 e. The zero-order valence-electron chi connectivity index (χ0n) is 14.9. The maximum Gasteiger partial charge on any atom is 0.418 e. The van der Waals surface area contributed by atoms with Gasteiger partial charge in [0.25, 0.3) is 5.91 Å². The van der Waals surface area contributed by atoms with E-state index >= 15 is 0 Å². The number of furan rings is 1. The molecule has 0 radical (unpaired) electrons. The van der Waals surface area contributed by atoms with Gasteiger partial charge in [-0.1, -0.05) is 30.3 Å². The molecule has 0 fully saturated rings. The number of anilines is 2. The first-order valence-electron chi connectivity index (χ1n) is 8.46. The van der Waals surface area contributed by atoms with Gasteiger partial charge >= 0.3 is 12.2 Å². The number of amides is 3. The van der Waals surface area contributed by atoms with E-state index in [0.29, 0.717) is 0 Å². The molecule has 6 nitrogen and oxygen atoms in total. The van der Waals surface area contributed by atoms with E-state index in [-0.39, 0.29) is 17.8 Å². The molecule has 0 unspecified atom stereocenters. The molecule has 9 heteroatoms. The van der Waals surface area contributed by atoms with Crippen LogP contribution in [0.2, 0.25) is 0 Å². The van der Waals surface area contributed by atoms with Crippen molar-refractivity contribution in [2.75, 3.05) is 10.6 Å². The van der Waals surface area contributed by atoms with E-state index in [4.69, 9.17) is 4.42 Å². The Kier molecular flexibility index (Phi) is 5.87. The standard InChI is InChI=1S/C20H16F3N3O3/c21-20(22,23)16-10-15(25-18(27)14-8-9-29-12-14)6-7-17(16)26-19(28)24-11-13-4-2-1-3-5-13/h1-10,12H,11H2,(H,25,27)(H2,24,26,28). The summed E-state index contributed by atoms with van der Waals surface area (Å²) in [5, 5.41) is 7.05. The number of hydrogen-bond acceptors (Lipinski definition) is 3. The van der Waals surface area contributed by atoms with E-state index in [2.05, 4.69) is 16.0 Å². The number of benzene rings is 2. The summed E-state index contributed by atoms with van der Waals surface area (Å²) >= 11 is 0. The van der Waals surface area contributed by atoms with Crippen molar-refractivity contribution >= 4 is 23.3 Å². The van der Waals surface area contributed by atoms with Crippen molar-refractivity contribution < 1.29 is 27.2 Å². The first-order valence-corrected chi connectivity index (χ1v) is 8.46. The first-order chi connectivity index (χ1) is 13.8. The van der Waals surface area contributed by atoms with Gasteiger partial charge in [0, 0.05) is 12.2 Å². The lowest BCUT2D eigenvalue weighted by Gasteiger charge is -2.16. The number of rotatable bonds is 5. The van der Waals surface area contributed by atoms with Gasteiger partial charge in [-0.3, -0.25) is 4.79 Å². The molecule has 0 aliphatic rings. The van der Waals surface area contributed by atoms with Gasteiger partial charge in [-0.15, -0.1) is 0 Å². The molecule has 0 aliphatic heterocycles. The van der Waals surface area contributed by atoms with Gasteiger partial charge in [-0.05, 0) is 29.8 Å². The molecule has 2 aromatic carbocycles. The third-order valence-electron chi connectivity index (χ3n) is 3.91. The number of carbonyl (C=O) groups excluding carboxylic acids is 2. The molecule has 3 rings (SSSR count). The number of nitrogens with one attached hydrogen (secondary N) is 3. The largest absolute Gasteiger partial charge is 0.472 e. The van der Waals surface area contributed by atoms with Gasteiger partial charge in [0.2, 0.25) is 0 Å². The monoisotopic (exact) mass is 403 g/mol. The molecule has 3 amide bonds. The molecular weight excluding hydrogens is 387 g/mol. The lowest BCUT2D eigenvalue weighted by Crippen LogP contribution is -2.29. The summed E-state index contributed by atoms with van der Waals surface area (Å²) < 4.78 is 45.1. The zero-order valence-corrected chi connectivity index (χ0v) is 14.9. The molecule has 150 valence electrons. The highest BCUT2D eigenvalue weighted by Gasteiger charge is 2.34. The SMILES string of the molecule is O=C(NCc1ccccc1)Nc1ccc(NC(=O)c2ccoc2)cc1C(F)(F)F. The van der Waals surface area contributed by atoms with Gasteiger partial charge in [-0.25, -0.2) is 4.79 Å². The number of halogens is 3. The minimum atomic E-state index is -4.74. The van der Waals surface area contributed by atoms with Crippen molar-refractivity contribution in [1.82, 2.24) is 5.32 Å². The maximum absolute atomic E-state index is 13.4. The molecular formula is C20H16F3N3O3. The van der Waals surface area contributed by atoms with Crippen molar-refractivity contribution in [2.24, 2.45) is 0 Å². The second-order valence-corrected chi connectivity index (χ2v) is 6.02. The fourth-order valence-electron chi connectivity index (χ4n) is 2.51. The highest BCUT2D eigenvalue weighted by Crippen LogP contribution is 2.36. The van der Waals surface area contributed by atoms with Crippen LogP contribution in [-0.2, 0) is 12.7 Å². The van der Waals surface area contributed by atoms with Crippen LogP contribution in [0.3, 0.4) is 0 Å².